The van der Waals surface area contributed by atoms with E-state index in [4.69, 9.17) is 0 Å². The van der Waals surface area contributed by atoms with Crippen LogP contribution in [-0.4, -0.2) is 37.1 Å². The molecule has 2 rings (SSSR count). The van der Waals surface area contributed by atoms with Gasteiger partial charge in [0.05, 0.1) is 0 Å². The van der Waals surface area contributed by atoms with Crippen LogP contribution in [0.15, 0.2) is 0 Å². The Balaban J connectivity index is 1.95. The van der Waals surface area contributed by atoms with Gasteiger partial charge in [0, 0.05) is 25.7 Å². The van der Waals surface area contributed by atoms with Crippen molar-refractivity contribution in [2.45, 2.75) is 25.3 Å². The minimum Gasteiger partial charge on any atom is -0.299 e. The summed E-state index contributed by atoms with van der Waals surface area (Å²) in [5, 5.41) is 4.41. The Hall–Kier alpha value is -0.0800. The van der Waals surface area contributed by atoms with Gasteiger partial charge in [-0.05, 0) is 25.8 Å². The third-order valence-corrected chi connectivity index (χ3v) is 2.66. The maximum Gasteiger partial charge on any atom is 0.0261 e. The predicted molar refractivity (Wildman–Crippen MR) is 41.1 cm³/mol. The third-order valence-electron chi connectivity index (χ3n) is 2.66. The second-order valence-corrected chi connectivity index (χ2v) is 3.29. The van der Waals surface area contributed by atoms with Gasteiger partial charge in [-0.1, -0.05) is 0 Å². The highest BCUT2D eigenvalue weighted by molar-refractivity contribution is 4.82. The molecule has 2 aliphatic rings. The van der Waals surface area contributed by atoms with Gasteiger partial charge in [-0.25, -0.2) is 5.32 Å². The van der Waals surface area contributed by atoms with E-state index >= 15 is 0 Å². The highest BCUT2D eigenvalue weighted by atomic mass is 15.2. The lowest BCUT2D eigenvalue weighted by atomic mass is 10.1. The van der Waals surface area contributed by atoms with Crippen LogP contribution >= 0.6 is 0 Å². The van der Waals surface area contributed by atoms with Crippen LogP contribution in [0.3, 0.4) is 0 Å². The van der Waals surface area contributed by atoms with Crippen LogP contribution in [0, 0.1) is 0 Å². The Morgan fingerprint density at radius 3 is 3.10 bits per heavy atom. The summed E-state index contributed by atoms with van der Waals surface area (Å²) >= 11 is 0. The number of nitrogens with zero attached hydrogens (tertiary/aromatic N) is 2. The molecule has 10 heavy (non-hydrogen) atoms. The SMILES string of the molecule is C1CC2CC[N]CCN2C1. The van der Waals surface area contributed by atoms with Crippen LogP contribution in [0.5, 0.6) is 0 Å². The molecule has 2 heterocycles. The lowest BCUT2D eigenvalue weighted by molar-refractivity contribution is 0.268. The molecule has 0 bridgehead atoms. The molecule has 2 heteroatoms. The van der Waals surface area contributed by atoms with Crippen molar-refractivity contribution in [1.82, 2.24) is 10.2 Å². The van der Waals surface area contributed by atoms with Crippen molar-refractivity contribution in [1.29, 1.82) is 0 Å². The summed E-state index contributed by atoms with van der Waals surface area (Å²) in [5.74, 6) is 0. The van der Waals surface area contributed by atoms with Gasteiger partial charge < -0.3 is 0 Å². The average molecular weight is 139 g/mol. The van der Waals surface area contributed by atoms with Gasteiger partial charge >= 0.3 is 0 Å². The van der Waals surface area contributed by atoms with Crippen LogP contribution in [0.1, 0.15) is 19.3 Å². The van der Waals surface area contributed by atoms with Gasteiger partial charge in [-0.15, -0.1) is 0 Å². The maximum absolute atomic E-state index is 4.41. The molecule has 1 atom stereocenters. The molecule has 2 saturated heterocycles. The molecule has 0 aromatic rings. The second-order valence-electron chi connectivity index (χ2n) is 3.29. The zero-order valence-electron chi connectivity index (χ0n) is 6.42. The van der Waals surface area contributed by atoms with E-state index in [2.05, 4.69) is 10.2 Å². The zero-order chi connectivity index (χ0) is 6.81. The molecule has 1 radical (unpaired) electrons. The summed E-state index contributed by atoms with van der Waals surface area (Å²) in [6, 6.07) is 0.895. The van der Waals surface area contributed by atoms with Crippen molar-refractivity contribution >= 4 is 0 Å². The van der Waals surface area contributed by atoms with Crippen molar-refractivity contribution in [3.63, 3.8) is 0 Å². The summed E-state index contributed by atoms with van der Waals surface area (Å²) in [6.45, 7) is 4.75. The minimum absolute atomic E-state index is 0.895. The van der Waals surface area contributed by atoms with Crippen LogP contribution in [0.25, 0.3) is 0 Å². The molecule has 0 aliphatic carbocycles. The van der Waals surface area contributed by atoms with Gasteiger partial charge in [0.25, 0.3) is 0 Å². The highest BCUT2D eigenvalue weighted by Gasteiger charge is 2.25. The fourth-order valence-corrected chi connectivity index (χ4v) is 2.07. The molecule has 2 nitrogen and oxygen atoms in total. The molecule has 0 saturated carbocycles. The van der Waals surface area contributed by atoms with Crippen molar-refractivity contribution < 1.29 is 0 Å². The highest BCUT2D eigenvalue weighted by Crippen LogP contribution is 2.20. The first-order valence-corrected chi connectivity index (χ1v) is 4.34. The Morgan fingerprint density at radius 1 is 1.10 bits per heavy atom. The largest absolute Gasteiger partial charge is 0.299 e. The standard InChI is InChI=1S/C8H15N2/c1-2-8-3-4-9-5-7-10(8)6-1/h8H,1-7H2. The minimum atomic E-state index is 0.895. The smallest absolute Gasteiger partial charge is 0.0261 e. The van der Waals surface area contributed by atoms with Gasteiger partial charge in [-0.2, -0.15) is 0 Å². The lowest BCUT2D eigenvalue weighted by Gasteiger charge is -2.19. The van der Waals surface area contributed by atoms with Crippen LogP contribution in [0.2, 0.25) is 0 Å². The molecule has 57 valence electrons. The maximum atomic E-state index is 4.41. The Kier molecular flexibility index (Phi) is 1.91. The van der Waals surface area contributed by atoms with E-state index in [-0.39, 0.29) is 0 Å². The first-order valence-electron chi connectivity index (χ1n) is 4.34. The molecule has 0 amide bonds. The first-order chi connectivity index (χ1) is 4.97. The summed E-state index contributed by atoms with van der Waals surface area (Å²) in [7, 11) is 0. The summed E-state index contributed by atoms with van der Waals surface area (Å²) in [4.78, 5) is 2.61. The lowest BCUT2D eigenvalue weighted by Crippen LogP contribution is -2.30. The Labute approximate surface area is 62.6 Å². The van der Waals surface area contributed by atoms with E-state index in [9.17, 15) is 0 Å². The third kappa shape index (κ3) is 1.18. The molecular weight excluding hydrogens is 124 g/mol. The van der Waals surface area contributed by atoms with Crippen molar-refractivity contribution in [2.24, 2.45) is 0 Å². The van der Waals surface area contributed by atoms with Crippen LogP contribution in [0.4, 0.5) is 0 Å². The van der Waals surface area contributed by atoms with Gasteiger partial charge in [0.2, 0.25) is 0 Å². The van der Waals surface area contributed by atoms with Crippen LogP contribution in [-0.2, 0) is 0 Å². The van der Waals surface area contributed by atoms with E-state index in [1.807, 2.05) is 0 Å². The van der Waals surface area contributed by atoms with Gasteiger partial charge in [0.1, 0.15) is 0 Å². The van der Waals surface area contributed by atoms with Crippen molar-refractivity contribution in [3.8, 4) is 0 Å². The number of rotatable bonds is 0. The topological polar surface area (TPSA) is 17.3 Å². The zero-order valence-corrected chi connectivity index (χ0v) is 6.42. The van der Waals surface area contributed by atoms with E-state index in [1.165, 1.54) is 32.4 Å². The number of fused-ring (bicyclic) bond motifs is 1. The van der Waals surface area contributed by atoms with Crippen molar-refractivity contribution in [2.75, 3.05) is 26.2 Å². The Bertz CT molecular complexity index is 102. The van der Waals surface area contributed by atoms with Crippen LogP contribution < -0.4 is 5.32 Å². The molecule has 2 fully saturated rings. The molecule has 2 aliphatic heterocycles. The predicted octanol–water partition coefficient (Wildman–Crippen LogP) is 0.459. The monoisotopic (exact) mass is 139 g/mol. The fourth-order valence-electron chi connectivity index (χ4n) is 2.07. The van der Waals surface area contributed by atoms with E-state index in [0.29, 0.717) is 0 Å². The molecule has 1 unspecified atom stereocenters. The Morgan fingerprint density at radius 2 is 2.10 bits per heavy atom. The average Bonchev–Trinajstić information content (AvgIpc) is 2.28. The summed E-state index contributed by atoms with van der Waals surface area (Å²) in [5.41, 5.74) is 0. The van der Waals surface area contributed by atoms with E-state index < -0.39 is 0 Å². The van der Waals surface area contributed by atoms with Gasteiger partial charge in [-0.3, -0.25) is 4.90 Å². The van der Waals surface area contributed by atoms with Crippen molar-refractivity contribution in [3.05, 3.63) is 0 Å². The molecule has 0 N–H and O–H groups in total. The van der Waals surface area contributed by atoms with Gasteiger partial charge in [0.15, 0.2) is 0 Å². The fraction of sp³-hybridized carbons (Fsp3) is 1.00. The molecule has 0 aromatic heterocycles. The number of hydrogen-bond acceptors (Lipinski definition) is 1. The molecular formula is C8H15N2. The quantitative estimate of drug-likeness (QED) is 0.476. The number of hydrogen-bond donors (Lipinski definition) is 0. The summed E-state index contributed by atoms with van der Waals surface area (Å²) in [6.07, 6.45) is 4.17. The second kappa shape index (κ2) is 2.89. The first kappa shape index (κ1) is 6.62. The molecule has 0 spiro atoms. The molecule has 0 aromatic carbocycles. The van der Waals surface area contributed by atoms with E-state index in [0.717, 1.165) is 19.1 Å². The van der Waals surface area contributed by atoms with E-state index in [1.54, 1.807) is 0 Å². The summed E-state index contributed by atoms with van der Waals surface area (Å²) < 4.78 is 0. The normalized spacial score (nSPS) is 35.4.